The van der Waals surface area contributed by atoms with E-state index in [0.29, 0.717) is 6.04 Å². The largest absolute Gasteiger partial charge is 0.381 e. The fourth-order valence-electron chi connectivity index (χ4n) is 2.97. The fourth-order valence-corrected chi connectivity index (χ4v) is 2.97. The summed E-state index contributed by atoms with van der Waals surface area (Å²) in [4.78, 5) is 4.34. The smallest absolute Gasteiger partial charge is 0.191 e. The molecule has 0 spiro atoms. The highest BCUT2D eigenvalue weighted by molar-refractivity contribution is 14.0. The predicted molar refractivity (Wildman–Crippen MR) is 114 cm³/mol. The number of halogens is 1. The Morgan fingerprint density at radius 3 is 2.56 bits per heavy atom. The molecule has 142 valence electrons. The van der Waals surface area contributed by atoms with Gasteiger partial charge in [-0.25, -0.2) is 0 Å². The summed E-state index contributed by atoms with van der Waals surface area (Å²) in [6.07, 6.45) is 3.95. The predicted octanol–water partition coefficient (Wildman–Crippen LogP) is 2.99. The fraction of sp³-hybridized carbons (Fsp3) is 0.632. The van der Waals surface area contributed by atoms with Gasteiger partial charge in [-0.15, -0.1) is 24.0 Å². The second-order valence-corrected chi connectivity index (χ2v) is 6.49. The molecule has 1 heterocycles. The topological polar surface area (TPSA) is 54.9 Å². The molecule has 25 heavy (non-hydrogen) atoms. The number of guanidine groups is 1. The molecule has 0 bridgehead atoms. The number of methoxy groups -OCH3 is 1. The zero-order valence-corrected chi connectivity index (χ0v) is 17.9. The SMILES string of the molecule is CN=C(NCC1(OC)CCOCC1)NC(C)CCc1ccccc1.I. The molecule has 5 nitrogen and oxygen atoms in total. The number of rotatable bonds is 7. The van der Waals surface area contributed by atoms with Gasteiger partial charge in [-0.2, -0.15) is 0 Å². The first kappa shape index (κ1) is 22.2. The maximum Gasteiger partial charge on any atom is 0.191 e. The maximum absolute atomic E-state index is 5.76. The van der Waals surface area contributed by atoms with Gasteiger partial charge in [-0.1, -0.05) is 30.3 Å². The minimum atomic E-state index is -0.150. The Bertz CT molecular complexity index is 505. The molecule has 0 aliphatic carbocycles. The Hall–Kier alpha value is -0.860. The van der Waals surface area contributed by atoms with Gasteiger partial charge < -0.3 is 20.1 Å². The molecule has 2 N–H and O–H groups in total. The molecule has 1 atom stereocenters. The van der Waals surface area contributed by atoms with Crippen LogP contribution in [0.2, 0.25) is 0 Å². The molecule has 0 aromatic heterocycles. The van der Waals surface area contributed by atoms with E-state index in [0.717, 1.165) is 51.4 Å². The van der Waals surface area contributed by atoms with Gasteiger partial charge in [0.15, 0.2) is 5.96 Å². The Kier molecular flexibility index (Phi) is 10.4. The van der Waals surface area contributed by atoms with Crippen molar-refractivity contribution in [3.05, 3.63) is 35.9 Å². The van der Waals surface area contributed by atoms with Crippen LogP contribution in [0.15, 0.2) is 35.3 Å². The highest BCUT2D eigenvalue weighted by Gasteiger charge is 2.32. The van der Waals surface area contributed by atoms with Crippen LogP contribution >= 0.6 is 24.0 Å². The normalized spacial score (nSPS) is 18.1. The summed E-state index contributed by atoms with van der Waals surface area (Å²) in [6, 6.07) is 10.9. The lowest BCUT2D eigenvalue weighted by molar-refractivity contribution is -0.0855. The van der Waals surface area contributed by atoms with Crippen molar-refractivity contribution in [1.29, 1.82) is 0 Å². The zero-order chi connectivity index (χ0) is 17.3. The van der Waals surface area contributed by atoms with Crippen molar-refractivity contribution in [2.24, 2.45) is 4.99 Å². The van der Waals surface area contributed by atoms with Crippen LogP contribution in [-0.2, 0) is 15.9 Å². The van der Waals surface area contributed by atoms with Gasteiger partial charge in [-0.05, 0) is 25.3 Å². The molecule has 0 amide bonds. The van der Waals surface area contributed by atoms with Gasteiger partial charge in [0.1, 0.15) is 0 Å². The molecule has 1 aliphatic heterocycles. The molecule has 0 radical (unpaired) electrons. The van der Waals surface area contributed by atoms with Crippen LogP contribution in [0.3, 0.4) is 0 Å². The summed E-state index contributed by atoms with van der Waals surface area (Å²) < 4.78 is 11.2. The van der Waals surface area contributed by atoms with Crippen molar-refractivity contribution in [3.63, 3.8) is 0 Å². The first-order valence-electron chi connectivity index (χ1n) is 8.81. The molecule has 1 aromatic carbocycles. The van der Waals surface area contributed by atoms with E-state index in [2.05, 4.69) is 52.9 Å². The van der Waals surface area contributed by atoms with Crippen molar-refractivity contribution in [1.82, 2.24) is 10.6 Å². The minimum absolute atomic E-state index is 0. The average Bonchev–Trinajstić information content (AvgIpc) is 2.65. The van der Waals surface area contributed by atoms with Gasteiger partial charge in [0.2, 0.25) is 0 Å². The number of ether oxygens (including phenoxy) is 2. The molecule has 1 saturated heterocycles. The third-order valence-electron chi connectivity index (χ3n) is 4.73. The summed E-state index contributed by atoms with van der Waals surface area (Å²) in [5, 5.41) is 6.89. The monoisotopic (exact) mass is 461 g/mol. The zero-order valence-electron chi connectivity index (χ0n) is 15.6. The number of aliphatic imine (C=N–C) groups is 1. The molecule has 1 aromatic rings. The summed E-state index contributed by atoms with van der Waals surface area (Å²) in [5.41, 5.74) is 1.22. The summed E-state index contributed by atoms with van der Waals surface area (Å²) >= 11 is 0. The van der Waals surface area contributed by atoms with E-state index >= 15 is 0 Å². The lowest BCUT2D eigenvalue weighted by Crippen LogP contribution is -2.52. The van der Waals surface area contributed by atoms with Crippen LogP contribution in [0.25, 0.3) is 0 Å². The third kappa shape index (κ3) is 7.50. The first-order chi connectivity index (χ1) is 11.7. The summed E-state index contributed by atoms with van der Waals surface area (Å²) in [5.74, 6) is 0.832. The Morgan fingerprint density at radius 1 is 1.28 bits per heavy atom. The van der Waals surface area contributed by atoms with Crippen molar-refractivity contribution < 1.29 is 9.47 Å². The van der Waals surface area contributed by atoms with Crippen LogP contribution in [0.1, 0.15) is 31.7 Å². The Labute approximate surface area is 169 Å². The minimum Gasteiger partial charge on any atom is -0.381 e. The molecule has 1 fully saturated rings. The van der Waals surface area contributed by atoms with Crippen molar-refractivity contribution >= 4 is 29.9 Å². The van der Waals surface area contributed by atoms with Gasteiger partial charge in [-0.3, -0.25) is 4.99 Å². The van der Waals surface area contributed by atoms with Gasteiger partial charge >= 0.3 is 0 Å². The van der Waals surface area contributed by atoms with Crippen LogP contribution in [-0.4, -0.2) is 51.5 Å². The number of hydrogen-bond donors (Lipinski definition) is 2. The van der Waals surface area contributed by atoms with E-state index in [-0.39, 0.29) is 29.6 Å². The molecule has 1 aliphatic rings. The van der Waals surface area contributed by atoms with Gasteiger partial charge in [0, 0.05) is 52.8 Å². The van der Waals surface area contributed by atoms with E-state index in [1.165, 1.54) is 5.56 Å². The number of hydrogen-bond acceptors (Lipinski definition) is 3. The van der Waals surface area contributed by atoms with Crippen LogP contribution in [0, 0.1) is 0 Å². The average molecular weight is 461 g/mol. The second-order valence-electron chi connectivity index (χ2n) is 6.49. The van der Waals surface area contributed by atoms with Gasteiger partial charge in [0.05, 0.1) is 5.60 Å². The number of nitrogens with one attached hydrogen (secondary N) is 2. The second kappa shape index (κ2) is 11.7. The van der Waals surface area contributed by atoms with E-state index in [1.807, 2.05) is 7.05 Å². The van der Waals surface area contributed by atoms with Gasteiger partial charge in [0.25, 0.3) is 0 Å². The lowest BCUT2D eigenvalue weighted by Gasteiger charge is -2.36. The molecular formula is C19H32IN3O2. The van der Waals surface area contributed by atoms with E-state index in [1.54, 1.807) is 7.11 Å². The van der Waals surface area contributed by atoms with Crippen molar-refractivity contribution in [2.75, 3.05) is 33.9 Å². The van der Waals surface area contributed by atoms with Crippen LogP contribution in [0.5, 0.6) is 0 Å². The number of nitrogens with zero attached hydrogens (tertiary/aromatic N) is 1. The summed E-state index contributed by atoms with van der Waals surface area (Å²) in [6.45, 7) is 4.46. The van der Waals surface area contributed by atoms with Crippen LogP contribution < -0.4 is 10.6 Å². The molecule has 6 heteroatoms. The lowest BCUT2D eigenvalue weighted by atomic mass is 9.94. The van der Waals surface area contributed by atoms with Crippen molar-refractivity contribution in [2.45, 2.75) is 44.2 Å². The van der Waals surface area contributed by atoms with Crippen molar-refractivity contribution in [3.8, 4) is 0 Å². The first-order valence-corrected chi connectivity index (χ1v) is 8.81. The molecular weight excluding hydrogens is 429 g/mol. The molecule has 2 rings (SSSR count). The molecule has 1 unspecified atom stereocenters. The molecule has 0 saturated carbocycles. The quantitative estimate of drug-likeness (QED) is 0.373. The van der Waals surface area contributed by atoms with E-state index < -0.39 is 0 Å². The highest BCUT2D eigenvalue weighted by Crippen LogP contribution is 2.23. The maximum atomic E-state index is 5.76. The highest BCUT2D eigenvalue weighted by atomic mass is 127. The van der Waals surface area contributed by atoms with E-state index in [4.69, 9.17) is 9.47 Å². The number of aryl methyl sites for hydroxylation is 1. The number of benzene rings is 1. The van der Waals surface area contributed by atoms with Crippen LogP contribution in [0.4, 0.5) is 0 Å². The summed E-state index contributed by atoms with van der Waals surface area (Å²) in [7, 11) is 3.59. The Morgan fingerprint density at radius 2 is 1.96 bits per heavy atom. The van der Waals surface area contributed by atoms with E-state index in [9.17, 15) is 0 Å². The Balaban J connectivity index is 0.00000312. The standard InChI is InChI=1S/C19H31N3O2.HI/c1-16(9-10-17-7-5-4-6-8-17)22-18(20-2)21-15-19(23-3)11-13-24-14-12-19;/h4-8,16H,9-15H2,1-3H3,(H2,20,21,22);1H. The third-order valence-corrected chi connectivity index (χ3v) is 4.73.